The van der Waals surface area contributed by atoms with Crippen LogP contribution in [0, 0.1) is 0 Å². The largest absolute Gasteiger partial charge is 0.382 e. The second-order valence-electron chi connectivity index (χ2n) is 3.28. The van der Waals surface area contributed by atoms with Gasteiger partial charge in [0.2, 0.25) is 5.91 Å². The third-order valence-corrected chi connectivity index (χ3v) is 2.17. The zero-order valence-corrected chi connectivity index (χ0v) is 9.76. The Morgan fingerprint density at radius 3 is 2.95 bits per heavy atom. The van der Waals surface area contributed by atoms with Crippen molar-refractivity contribution >= 4 is 11.6 Å². The topological polar surface area (TPSA) is 41.6 Å². The summed E-state index contributed by atoms with van der Waals surface area (Å²) in [5.74, 6) is -2.79. The summed E-state index contributed by atoms with van der Waals surface area (Å²) in [4.78, 5) is 13.1. The Kier molecular flexibility index (Phi) is 1.09. The molecule has 0 atom stereocenters. The first-order valence-electron chi connectivity index (χ1n) is 16.5. The Morgan fingerprint density at radius 2 is 2.30 bits per heavy atom. The first kappa shape index (κ1) is 3.18. The second kappa shape index (κ2) is 6.86. The molecule has 0 aromatic heterocycles. The van der Waals surface area contributed by atoms with Crippen molar-refractivity contribution in [2.24, 2.45) is 0 Å². The number of hydrogen-bond donors (Lipinski definition) is 1. The molecule has 1 amide bonds. The van der Waals surface area contributed by atoms with Gasteiger partial charge in [0.05, 0.1) is 25.8 Å². The maximum atomic E-state index is 14.0. The number of para-hydroxylation sites is 1. The van der Waals surface area contributed by atoms with Crippen LogP contribution in [-0.4, -0.2) is 38.0 Å². The van der Waals surface area contributed by atoms with Crippen molar-refractivity contribution in [1.82, 2.24) is 5.32 Å². The molecule has 20 heavy (non-hydrogen) atoms. The number of hydrogen-bond acceptors (Lipinski definition) is 3. The van der Waals surface area contributed by atoms with Crippen LogP contribution in [-0.2, 0) is 9.53 Å². The highest BCUT2D eigenvalue weighted by molar-refractivity contribution is 5.94. The number of ether oxygens (including phenoxy) is 1. The number of nitrogens with one attached hydrogen (secondary N) is 1. The van der Waals surface area contributed by atoms with E-state index in [-0.39, 0.29) is 0 Å². The predicted octanol–water partition coefficient (Wildman–Crippen LogP) is 2.20. The number of benzene rings is 1. The summed E-state index contributed by atoms with van der Waals surface area (Å²) in [5.41, 5.74) is -6.74. The minimum Gasteiger partial charge on any atom is -0.382 e. The Balaban J connectivity index is 3.56. The quantitative estimate of drug-likeness (QED) is 0.906. The molecule has 0 bridgehead atoms. The average molecular weight is 300 g/mol. The van der Waals surface area contributed by atoms with E-state index in [0.29, 0.717) is 0 Å². The Hall–Kier alpha value is -1.39. The molecule has 1 heterocycles. The minimum absolute atomic E-state index is 0.970. The highest BCUT2D eigenvalue weighted by atomic mass is 16.5. The van der Waals surface area contributed by atoms with Crippen molar-refractivity contribution in [1.29, 1.82) is 0 Å². The van der Waals surface area contributed by atoms with E-state index in [1.165, 1.54) is 5.32 Å². The van der Waals surface area contributed by atoms with Gasteiger partial charge in [0.1, 0.15) is 0 Å². The summed E-state index contributed by atoms with van der Waals surface area (Å²) in [6.07, 6.45) is -13.6. The van der Waals surface area contributed by atoms with E-state index < -0.39 is 105 Å². The summed E-state index contributed by atoms with van der Waals surface area (Å²) in [5, 5.41) is 1.29. The molecule has 1 N–H and O–H groups in total. The minimum atomic E-state index is -4.90. The van der Waals surface area contributed by atoms with Crippen LogP contribution in [0.15, 0.2) is 30.2 Å². The van der Waals surface area contributed by atoms with Gasteiger partial charge in [-0.05, 0) is 37.8 Å². The molecule has 2 rings (SSSR count). The highest BCUT2D eigenvalue weighted by Crippen LogP contribution is 2.32. The van der Waals surface area contributed by atoms with Gasteiger partial charge in [-0.3, -0.25) is 4.79 Å². The number of rotatable bonds is 5. The van der Waals surface area contributed by atoms with E-state index in [2.05, 4.69) is 4.74 Å². The lowest BCUT2D eigenvalue weighted by Gasteiger charge is -2.46. The Labute approximate surface area is 153 Å². The van der Waals surface area contributed by atoms with Crippen LogP contribution in [0.2, 0.25) is 0 Å². The molecule has 0 spiro atoms. The van der Waals surface area contributed by atoms with E-state index in [9.17, 15) is 4.79 Å². The zero-order chi connectivity index (χ0) is 34.5. The van der Waals surface area contributed by atoms with Crippen LogP contribution >= 0.6 is 0 Å². The van der Waals surface area contributed by atoms with Crippen LogP contribution in [0.4, 0.5) is 5.69 Å². The molecule has 4 heteroatoms. The number of nitrogens with zero attached hydrogens (tertiary/aromatic N) is 1. The fourth-order valence-corrected chi connectivity index (χ4v) is 1.42. The number of methoxy groups -OCH3 is 1. The predicted molar refractivity (Wildman–Crippen MR) is 80.9 cm³/mol. The molecule has 0 saturated carbocycles. The van der Waals surface area contributed by atoms with E-state index in [4.69, 9.17) is 31.5 Å². The summed E-state index contributed by atoms with van der Waals surface area (Å²) in [6.45, 7) is -17.1. The molecular formula is C16H24N2O2. The Bertz CT molecular complexity index is 1240. The van der Waals surface area contributed by atoms with Gasteiger partial charge < -0.3 is 15.0 Å². The van der Waals surface area contributed by atoms with Crippen molar-refractivity contribution in [3.05, 3.63) is 30.2 Å². The molecule has 1 aliphatic rings. The number of carbonyl (C=O) groups is 1. The lowest BCUT2D eigenvalue weighted by molar-refractivity contribution is -0.120. The molecular weight excluding hydrogens is 252 g/mol. The maximum Gasteiger partial charge on any atom is 0.227 e. The van der Waals surface area contributed by atoms with Gasteiger partial charge in [0, 0.05) is 36.9 Å². The molecule has 110 valence electrons. The Morgan fingerprint density at radius 1 is 1.55 bits per heavy atom. The molecule has 1 fully saturated rings. The van der Waals surface area contributed by atoms with E-state index in [1.54, 1.807) is 0 Å². The van der Waals surface area contributed by atoms with Gasteiger partial charge in [-0.15, -0.1) is 0 Å². The van der Waals surface area contributed by atoms with Gasteiger partial charge >= 0.3 is 0 Å². The third kappa shape index (κ3) is 3.02. The number of carbonyl (C=O) groups excluding carboxylic acids is 1. The van der Waals surface area contributed by atoms with Gasteiger partial charge in [-0.25, -0.2) is 0 Å². The third-order valence-electron chi connectivity index (χ3n) is 2.17. The number of anilines is 1. The van der Waals surface area contributed by atoms with Crippen molar-refractivity contribution < 1.29 is 41.1 Å². The second-order valence-corrected chi connectivity index (χ2v) is 3.28. The van der Waals surface area contributed by atoms with E-state index in [0.717, 1.165) is 0 Å². The van der Waals surface area contributed by atoms with Gasteiger partial charge in [0.15, 0.2) is 0 Å². The van der Waals surface area contributed by atoms with Crippen LogP contribution in [0.25, 0.3) is 0 Å². The highest BCUT2D eigenvalue weighted by Gasteiger charge is 2.41. The van der Waals surface area contributed by atoms with Crippen LogP contribution in [0.1, 0.15) is 57.5 Å². The smallest absolute Gasteiger partial charge is 0.227 e. The summed E-state index contributed by atoms with van der Waals surface area (Å²) in [7, 11) is -4.05. The molecule has 1 aromatic carbocycles. The van der Waals surface area contributed by atoms with E-state index in [1.807, 2.05) is 0 Å². The van der Waals surface area contributed by atoms with Crippen molar-refractivity contribution in [2.75, 3.05) is 31.5 Å². The first-order chi connectivity index (χ1) is 18.6. The van der Waals surface area contributed by atoms with E-state index >= 15 is 0 Å². The number of piperidine rings is 1. The monoisotopic (exact) mass is 299 g/mol. The summed E-state index contributed by atoms with van der Waals surface area (Å²) in [6, 6.07) is -7.32. The molecule has 0 unspecified atom stereocenters. The van der Waals surface area contributed by atoms with Crippen molar-refractivity contribution in [2.45, 2.75) is 31.5 Å². The molecule has 4 nitrogen and oxygen atoms in total. The van der Waals surface area contributed by atoms with Crippen LogP contribution < -0.4 is 10.2 Å². The fourth-order valence-electron chi connectivity index (χ4n) is 1.42. The van der Waals surface area contributed by atoms with Gasteiger partial charge in [0.25, 0.3) is 0 Å². The van der Waals surface area contributed by atoms with Gasteiger partial charge in [-0.2, -0.15) is 0 Å². The van der Waals surface area contributed by atoms with Crippen LogP contribution in [0.3, 0.4) is 0 Å². The molecule has 1 aliphatic heterocycles. The lowest BCUT2D eigenvalue weighted by atomic mass is 9.86. The summed E-state index contributed by atoms with van der Waals surface area (Å²) < 4.78 is 190. The maximum absolute atomic E-state index is 14.0. The fraction of sp³-hybridized carbons (Fsp3) is 0.562. The lowest BCUT2D eigenvalue weighted by Crippen LogP contribution is -2.59. The zero-order valence-electron chi connectivity index (χ0n) is 32.8. The van der Waals surface area contributed by atoms with Crippen LogP contribution in [0.5, 0.6) is 0 Å². The molecule has 0 aliphatic carbocycles. The molecule has 1 aromatic rings. The first-order valence-corrected chi connectivity index (χ1v) is 5.03. The normalized spacial score (nSPS) is 47.3. The van der Waals surface area contributed by atoms with Gasteiger partial charge in [-0.1, -0.05) is 25.0 Å². The van der Waals surface area contributed by atoms with Crippen molar-refractivity contribution in [3.8, 4) is 0 Å². The molecule has 1 saturated heterocycles. The van der Waals surface area contributed by atoms with Crippen molar-refractivity contribution in [3.63, 3.8) is 0 Å². The standard InChI is InChI=1S/C16H24N2O2/c1-3-15(19)18(14-7-5-4-6-8-14)16(13-20-2)9-11-17-12-10-16/h4-8,17H,3,9-13H2,1-2H3/i1D3,2D3,3D2,4D,5D,6D,7D,8D,9D2,10D2,11D2,12D2,13D2. The average Bonchev–Trinajstić information content (AvgIpc) is 2.76. The number of amides is 1. The summed E-state index contributed by atoms with van der Waals surface area (Å²) >= 11 is 0. The molecule has 0 radical (unpaired) electrons. The SMILES string of the molecule is [2H]c1c([2H])c([2H])c(N(C(=O)C([2H])([2H])C([2H])([2H])[2H])C2(C([2H])([2H])OC([2H])([2H])[2H])C([2H])([2H])C([2H])([2H])NC([2H])([2H])C2([2H])[2H])c([2H])c1[2H].